The molecule has 0 saturated carbocycles. The number of hydrogen-bond donors (Lipinski definition) is 0. The number of aromatic nitrogens is 2. The summed E-state index contributed by atoms with van der Waals surface area (Å²) in [5.74, 6) is 1.94. The fraction of sp³-hybridized carbons (Fsp3) is 0.524. The van der Waals surface area contributed by atoms with Gasteiger partial charge in [-0.25, -0.2) is 9.97 Å². The van der Waals surface area contributed by atoms with Crippen LogP contribution in [0.3, 0.4) is 0 Å². The monoisotopic (exact) mass is 366 g/mol. The average molecular weight is 366 g/mol. The topological polar surface area (TPSA) is 50.7 Å². The first-order chi connectivity index (χ1) is 13.3. The average Bonchev–Trinajstić information content (AvgIpc) is 3.21. The van der Waals surface area contributed by atoms with Gasteiger partial charge in [-0.05, 0) is 24.1 Å². The summed E-state index contributed by atoms with van der Waals surface area (Å²) in [6, 6.07) is 7.12. The van der Waals surface area contributed by atoms with E-state index >= 15 is 0 Å². The van der Waals surface area contributed by atoms with E-state index in [-0.39, 0.29) is 0 Å². The van der Waals surface area contributed by atoms with E-state index in [0.717, 1.165) is 75.2 Å². The van der Waals surface area contributed by atoms with Gasteiger partial charge in [0.15, 0.2) is 0 Å². The Bertz CT molecular complexity index is 833. The van der Waals surface area contributed by atoms with Gasteiger partial charge < -0.3 is 14.4 Å². The molecular formula is C21H26N4O2. The molecule has 6 nitrogen and oxygen atoms in total. The van der Waals surface area contributed by atoms with Crippen molar-refractivity contribution in [3.8, 4) is 5.75 Å². The van der Waals surface area contributed by atoms with E-state index in [0.29, 0.717) is 12.6 Å². The Morgan fingerprint density at radius 1 is 1.04 bits per heavy atom. The Morgan fingerprint density at radius 3 is 2.81 bits per heavy atom. The van der Waals surface area contributed by atoms with Crippen LogP contribution in [0.5, 0.6) is 5.75 Å². The van der Waals surface area contributed by atoms with Crippen LogP contribution in [0.2, 0.25) is 0 Å². The molecule has 0 aliphatic carbocycles. The lowest BCUT2D eigenvalue weighted by Gasteiger charge is -2.38. The molecule has 27 heavy (non-hydrogen) atoms. The summed E-state index contributed by atoms with van der Waals surface area (Å²) >= 11 is 0. The molecule has 5 rings (SSSR count). The van der Waals surface area contributed by atoms with Crippen molar-refractivity contribution in [1.82, 2.24) is 14.9 Å². The Labute approximate surface area is 160 Å². The standard InChI is InChI=1S/C21H26N4O2/c1-15(17-3-2-16-4-11-27-20(16)12-17)24-6-8-25(9-7-24)21-22-13-18-14-26-10-5-19(18)23-21/h2-3,12-13,15H,4-11,14H2,1H3. The molecule has 0 N–H and O–H groups in total. The molecule has 142 valence electrons. The van der Waals surface area contributed by atoms with Crippen LogP contribution >= 0.6 is 0 Å². The molecule has 3 aliphatic heterocycles. The van der Waals surface area contributed by atoms with E-state index in [1.165, 1.54) is 11.1 Å². The number of fused-ring (bicyclic) bond motifs is 2. The maximum atomic E-state index is 5.74. The molecular weight excluding hydrogens is 340 g/mol. The van der Waals surface area contributed by atoms with Gasteiger partial charge in [0.05, 0.1) is 25.5 Å². The number of rotatable bonds is 3. The van der Waals surface area contributed by atoms with E-state index in [4.69, 9.17) is 14.5 Å². The number of piperazine rings is 1. The zero-order chi connectivity index (χ0) is 18.2. The highest BCUT2D eigenvalue weighted by Crippen LogP contribution is 2.31. The second kappa shape index (κ2) is 7.09. The lowest BCUT2D eigenvalue weighted by Crippen LogP contribution is -2.47. The lowest BCUT2D eigenvalue weighted by molar-refractivity contribution is 0.109. The SMILES string of the molecule is CC(c1ccc2c(c1)OCC2)N1CCN(c2ncc3c(n2)CCOC3)CC1. The molecule has 0 bridgehead atoms. The summed E-state index contributed by atoms with van der Waals surface area (Å²) in [6.45, 7) is 8.47. The second-order valence-electron chi connectivity index (χ2n) is 7.61. The van der Waals surface area contributed by atoms with Crippen molar-refractivity contribution in [3.05, 3.63) is 46.8 Å². The largest absolute Gasteiger partial charge is 0.493 e. The van der Waals surface area contributed by atoms with Crippen LogP contribution in [0.4, 0.5) is 5.95 Å². The van der Waals surface area contributed by atoms with Crippen molar-refractivity contribution >= 4 is 5.95 Å². The molecule has 4 heterocycles. The summed E-state index contributed by atoms with van der Waals surface area (Å²) in [5.41, 5.74) is 4.97. The molecule has 6 heteroatoms. The Hall–Kier alpha value is -2.18. The molecule has 1 saturated heterocycles. The first-order valence-corrected chi connectivity index (χ1v) is 9.95. The molecule has 0 spiro atoms. The zero-order valence-electron chi connectivity index (χ0n) is 15.9. The van der Waals surface area contributed by atoms with Crippen LogP contribution in [-0.4, -0.2) is 54.3 Å². The Morgan fingerprint density at radius 2 is 1.93 bits per heavy atom. The van der Waals surface area contributed by atoms with Crippen molar-refractivity contribution in [2.75, 3.05) is 44.3 Å². The normalized spacial score (nSPS) is 20.7. The van der Waals surface area contributed by atoms with E-state index in [9.17, 15) is 0 Å². The third-order valence-corrected chi connectivity index (χ3v) is 6.03. The van der Waals surface area contributed by atoms with Gasteiger partial charge >= 0.3 is 0 Å². The summed E-state index contributed by atoms with van der Waals surface area (Å²) in [6.07, 6.45) is 3.87. The third-order valence-electron chi connectivity index (χ3n) is 6.03. The number of hydrogen-bond acceptors (Lipinski definition) is 6. The first-order valence-electron chi connectivity index (χ1n) is 9.95. The quantitative estimate of drug-likeness (QED) is 0.831. The van der Waals surface area contributed by atoms with Gasteiger partial charge in [0.1, 0.15) is 5.75 Å². The minimum atomic E-state index is 0.392. The number of anilines is 1. The van der Waals surface area contributed by atoms with Gasteiger partial charge in [-0.1, -0.05) is 12.1 Å². The fourth-order valence-electron chi connectivity index (χ4n) is 4.23. The molecule has 2 aromatic rings. The zero-order valence-corrected chi connectivity index (χ0v) is 15.9. The van der Waals surface area contributed by atoms with Crippen molar-refractivity contribution in [3.63, 3.8) is 0 Å². The summed E-state index contributed by atoms with van der Waals surface area (Å²) < 4.78 is 11.2. The van der Waals surface area contributed by atoms with Gasteiger partial charge in [-0.15, -0.1) is 0 Å². The fourth-order valence-corrected chi connectivity index (χ4v) is 4.23. The summed E-state index contributed by atoms with van der Waals surface area (Å²) in [7, 11) is 0. The van der Waals surface area contributed by atoms with Gasteiger partial charge in [0.25, 0.3) is 0 Å². The molecule has 0 radical (unpaired) electrons. The van der Waals surface area contributed by atoms with Gasteiger partial charge in [-0.3, -0.25) is 4.90 Å². The molecule has 1 aromatic carbocycles. The van der Waals surface area contributed by atoms with Gasteiger partial charge in [0, 0.05) is 56.8 Å². The second-order valence-corrected chi connectivity index (χ2v) is 7.61. The van der Waals surface area contributed by atoms with Crippen LogP contribution < -0.4 is 9.64 Å². The highest BCUT2D eigenvalue weighted by molar-refractivity contribution is 5.41. The minimum Gasteiger partial charge on any atom is -0.493 e. The Kier molecular flexibility index (Phi) is 4.45. The third kappa shape index (κ3) is 3.28. The molecule has 0 amide bonds. The van der Waals surface area contributed by atoms with E-state index < -0.39 is 0 Å². The molecule has 1 unspecified atom stereocenters. The van der Waals surface area contributed by atoms with Gasteiger partial charge in [0.2, 0.25) is 5.95 Å². The number of nitrogens with zero attached hydrogens (tertiary/aromatic N) is 4. The van der Waals surface area contributed by atoms with E-state index in [1.54, 1.807) is 0 Å². The molecule has 1 fully saturated rings. The number of ether oxygens (including phenoxy) is 2. The van der Waals surface area contributed by atoms with Crippen LogP contribution in [0.1, 0.15) is 35.3 Å². The van der Waals surface area contributed by atoms with Crippen molar-refractivity contribution in [2.24, 2.45) is 0 Å². The highest BCUT2D eigenvalue weighted by atomic mass is 16.5. The lowest BCUT2D eigenvalue weighted by atomic mass is 10.0. The molecule has 3 aliphatic rings. The van der Waals surface area contributed by atoms with Crippen LogP contribution in [0.15, 0.2) is 24.4 Å². The Balaban J connectivity index is 1.25. The highest BCUT2D eigenvalue weighted by Gasteiger charge is 2.25. The van der Waals surface area contributed by atoms with Gasteiger partial charge in [-0.2, -0.15) is 0 Å². The maximum absolute atomic E-state index is 5.74. The minimum absolute atomic E-state index is 0.392. The summed E-state index contributed by atoms with van der Waals surface area (Å²) in [4.78, 5) is 14.2. The van der Waals surface area contributed by atoms with E-state index in [1.807, 2.05) is 6.20 Å². The smallest absolute Gasteiger partial charge is 0.225 e. The van der Waals surface area contributed by atoms with Crippen LogP contribution in [0.25, 0.3) is 0 Å². The van der Waals surface area contributed by atoms with Crippen molar-refractivity contribution in [1.29, 1.82) is 0 Å². The molecule has 1 aromatic heterocycles. The van der Waals surface area contributed by atoms with Crippen molar-refractivity contribution in [2.45, 2.75) is 32.4 Å². The van der Waals surface area contributed by atoms with Crippen LogP contribution in [0, 0.1) is 0 Å². The van der Waals surface area contributed by atoms with Crippen LogP contribution in [-0.2, 0) is 24.2 Å². The first kappa shape index (κ1) is 17.0. The van der Waals surface area contributed by atoms with Crippen molar-refractivity contribution < 1.29 is 9.47 Å². The number of benzene rings is 1. The maximum Gasteiger partial charge on any atom is 0.225 e. The predicted molar refractivity (Wildman–Crippen MR) is 103 cm³/mol. The predicted octanol–water partition coefficient (Wildman–Crippen LogP) is 2.37. The summed E-state index contributed by atoms with van der Waals surface area (Å²) in [5, 5.41) is 0. The molecule has 1 atom stereocenters. The van der Waals surface area contributed by atoms with E-state index in [2.05, 4.69) is 39.9 Å².